The van der Waals surface area contributed by atoms with Crippen LogP contribution < -0.4 is 5.32 Å². The summed E-state index contributed by atoms with van der Waals surface area (Å²) in [7, 11) is 0. The number of benzene rings is 1. The standard InChI is InChI=1S/C25H29F3N4O/c1-15(2)31(14-24(27)28)25(33)22-11-19(26)4-5-20(22)21-10-18(17-6-8-29-9-7-17)13-32-16(3)30-12-23(21)32/h4-5,10-13,15,17,24,29H,6-9,14H2,1-3H3. The van der Waals surface area contributed by atoms with E-state index in [0.29, 0.717) is 11.5 Å². The third kappa shape index (κ3) is 4.76. The van der Waals surface area contributed by atoms with E-state index in [-0.39, 0.29) is 5.56 Å². The number of hydrogen-bond donors (Lipinski definition) is 1. The molecule has 176 valence electrons. The zero-order chi connectivity index (χ0) is 23.7. The second-order valence-corrected chi connectivity index (χ2v) is 8.90. The number of hydrogen-bond acceptors (Lipinski definition) is 3. The SMILES string of the molecule is Cc1ncc2c(-c3ccc(F)cc3C(=O)N(CC(F)F)C(C)C)cc(C3CCNCC3)cn12. The van der Waals surface area contributed by atoms with Crippen LogP contribution in [0.15, 0.2) is 36.7 Å². The van der Waals surface area contributed by atoms with Gasteiger partial charge in [-0.05, 0) is 81.9 Å². The van der Waals surface area contributed by atoms with Gasteiger partial charge in [-0.2, -0.15) is 0 Å². The van der Waals surface area contributed by atoms with E-state index in [0.717, 1.165) is 59.4 Å². The number of alkyl halides is 2. The highest BCUT2D eigenvalue weighted by atomic mass is 19.3. The number of imidazole rings is 1. The van der Waals surface area contributed by atoms with Crippen LogP contribution in [0.4, 0.5) is 13.2 Å². The topological polar surface area (TPSA) is 49.6 Å². The second-order valence-electron chi connectivity index (χ2n) is 8.90. The molecule has 1 aliphatic heterocycles. The maximum Gasteiger partial charge on any atom is 0.255 e. The van der Waals surface area contributed by atoms with Gasteiger partial charge in [0.25, 0.3) is 12.3 Å². The zero-order valence-corrected chi connectivity index (χ0v) is 19.1. The zero-order valence-electron chi connectivity index (χ0n) is 19.1. The van der Waals surface area contributed by atoms with Gasteiger partial charge < -0.3 is 14.6 Å². The molecule has 1 aromatic carbocycles. The number of piperidine rings is 1. The molecule has 1 amide bonds. The summed E-state index contributed by atoms with van der Waals surface area (Å²) in [5, 5.41) is 3.37. The molecule has 0 saturated carbocycles. The first-order valence-corrected chi connectivity index (χ1v) is 11.3. The number of pyridine rings is 1. The van der Waals surface area contributed by atoms with Crippen molar-refractivity contribution >= 4 is 11.4 Å². The molecule has 0 aliphatic carbocycles. The minimum absolute atomic E-state index is 0.0764. The molecule has 5 nitrogen and oxygen atoms in total. The third-order valence-corrected chi connectivity index (χ3v) is 6.38. The highest BCUT2D eigenvalue weighted by molar-refractivity contribution is 6.03. The van der Waals surface area contributed by atoms with E-state index >= 15 is 0 Å². The van der Waals surface area contributed by atoms with E-state index < -0.39 is 30.7 Å². The highest BCUT2D eigenvalue weighted by Gasteiger charge is 2.27. The maximum absolute atomic E-state index is 14.3. The van der Waals surface area contributed by atoms with Crippen molar-refractivity contribution in [1.82, 2.24) is 19.6 Å². The van der Waals surface area contributed by atoms with E-state index in [1.807, 2.05) is 17.4 Å². The van der Waals surface area contributed by atoms with Gasteiger partial charge >= 0.3 is 0 Å². The van der Waals surface area contributed by atoms with Crippen molar-refractivity contribution in [2.24, 2.45) is 0 Å². The fourth-order valence-corrected chi connectivity index (χ4v) is 4.60. The Bertz CT molecular complexity index is 1150. The first-order chi connectivity index (χ1) is 15.8. The minimum Gasteiger partial charge on any atom is -0.330 e. The molecule has 33 heavy (non-hydrogen) atoms. The molecule has 0 spiro atoms. The number of fused-ring (bicyclic) bond motifs is 1. The lowest BCUT2D eigenvalue weighted by molar-refractivity contribution is 0.0476. The predicted molar refractivity (Wildman–Crippen MR) is 122 cm³/mol. The molecular formula is C25H29F3N4O. The van der Waals surface area contributed by atoms with Gasteiger partial charge in [-0.25, -0.2) is 18.2 Å². The van der Waals surface area contributed by atoms with Gasteiger partial charge in [0, 0.05) is 17.8 Å². The van der Waals surface area contributed by atoms with Gasteiger partial charge in [-0.1, -0.05) is 6.07 Å². The van der Waals surface area contributed by atoms with Crippen LogP contribution in [0.25, 0.3) is 16.6 Å². The minimum atomic E-state index is -2.68. The average Bonchev–Trinajstić information content (AvgIpc) is 3.17. The number of nitrogens with zero attached hydrogens (tertiary/aromatic N) is 3. The largest absolute Gasteiger partial charge is 0.330 e. The number of aromatic nitrogens is 2. The molecule has 4 rings (SSSR count). The van der Waals surface area contributed by atoms with Crippen molar-refractivity contribution in [2.45, 2.75) is 52.0 Å². The molecule has 1 aliphatic rings. The van der Waals surface area contributed by atoms with Crippen LogP contribution >= 0.6 is 0 Å². The molecule has 1 saturated heterocycles. The molecule has 1 N–H and O–H groups in total. The molecule has 3 aromatic rings. The van der Waals surface area contributed by atoms with Gasteiger partial charge in [-0.15, -0.1) is 0 Å². The van der Waals surface area contributed by atoms with Gasteiger partial charge in [0.05, 0.1) is 23.8 Å². The van der Waals surface area contributed by atoms with Crippen LogP contribution in [0.3, 0.4) is 0 Å². The normalized spacial score (nSPS) is 15.0. The summed E-state index contributed by atoms with van der Waals surface area (Å²) in [5.74, 6) is -0.0418. The van der Waals surface area contributed by atoms with Gasteiger partial charge in [0.1, 0.15) is 11.6 Å². The Balaban J connectivity index is 1.89. The van der Waals surface area contributed by atoms with E-state index in [4.69, 9.17) is 0 Å². The molecule has 1 fully saturated rings. The van der Waals surface area contributed by atoms with Crippen LogP contribution in [-0.2, 0) is 0 Å². The lowest BCUT2D eigenvalue weighted by atomic mass is 9.88. The molecule has 8 heteroatoms. The number of nitrogens with one attached hydrogen (secondary N) is 1. The van der Waals surface area contributed by atoms with Crippen molar-refractivity contribution in [3.8, 4) is 11.1 Å². The number of aryl methyl sites for hydroxylation is 1. The van der Waals surface area contributed by atoms with Crippen LogP contribution in [0, 0.1) is 12.7 Å². The lowest BCUT2D eigenvalue weighted by Gasteiger charge is -2.28. The third-order valence-electron chi connectivity index (χ3n) is 6.38. The van der Waals surface area contributed by atoms with Crippen molar-refractivity contribution < 1.29 is 18.0 Å². The van der Waals surface area contributed by atoms with Gasteiger partial charge in [-0.3, -0.25) is 4.79 Å². The van der Waals surface area contributed by atoms with Crippen LogP contribution in [0.1, 0.15) is 54.4 Å². The van der Waals surface area contributed by atoms with Crippen LogP contribution in [0.5, 0.6) is 0 Å². The Morgan fingerprint density at radius 3 is 2.61 bits per heavy atom. The molecule has 0 atom stereocenters. The first kappa shape index (κ1) is 23.3. The quantitative estimate of drug-likeness (QED) is 0.564. The van der Waals surface area contributed by atoms with E-state index in [9.17, 15) is 18.0 Å². The van der Waals surface area contributed by atoms with E-state index in [1.165, 1.54) is 6.07 Å². The summed E-state index contributed by atoms with van der Waals surface area (Å²) < 4.78 is 42.7. The second kappa shape index (κ2) is 9.55. The Morgan fingerprint density at radius 1 is 1.21 bits per heavy atom. The van der Waals surface area contributed by atoms with Gasteiger partial charge in [0.2, 0.25) is 0 Å². The highest BCUT2D eigenvalue weighted by Crippen LogP contribution is 2.35. The number of amides is 1. The Kier molecular flexibility index (Phi) is 6.74. The molecule has 0 bridgehead atoms. The first-order valence-electron chi connectivity index (χ1n) is 11.3. The Morgan fingerprint density at radius 2 is 1.94 bits per heavy atom. The van der Waals surface area contributed by atoms with Crippen molar-refractivity contribution in [3.05, 3.63) is 59.4 Å². The van der Waals surface area contributed by atoms with Gasteiger partial charge in [0.15, 0.2) is 0 Å². The average molecular weight is 459 g/mol. The summed E-state index contributed by atoms with van der Waals surface area (Å²) in [6.45, 7) is 6.41. The van der Waals surface area contributed by atoms with E-state index in [2.05, 4.69) is 16.5 Å². The summed E-state index contributed by atoms with van der Waals surface area (Å²) >= 11 is 0. The maximum atomic E-state index is 14.3. The van der Waals surface area contributed by atoms with E-state index in [1.54, 1.807) is 26.1 Å². The number of halogens is 3. The number of rotatable bonds is 6. The number of carbonyl (C=O) groups is 1. The van der Waals surface area contributed by atoms with Crippen molar-refractivity contribution in [3.63, 3.8) is 0 Å². The Labute approximate surface area is 191 Å². The summed E-state index contributed by atoms with van der Waals surface area (Å²) in [4.78, 5) is 18.9. The monoisotopic (exact) mass is 458 g/mol. The van der Waals surface area contributed by atoms with Crippen LogP contribution in [0.2, 0.25) is 0 Å². The lowest BCUT2D eigenvalue weighted by Crippen LogP contribution is -2.40. The van der Waals surface area contributed by atoms with Crippen LogP contribution in [-0.4, -0.2) is 52.3 Å². The molecular weight excluding hydrogens is 429 g/mol. The molecule has 2 aromatic heterocycles. The number of carbonyl (C=O) groups excluding carboxylic acids is 1. The van der Waals surface area contributed by atoms with Crippen molar-refractivity contribution in [2.75, 3.05) is 19.6 Å². The fourth-order valence-electron chi connectivity index (χ4n) is 4.60. The smallest absolute Gasteiger partial charge is 0.255 e. The molecule has 0 radical (unpaired) electrons. The molecule has 3 heterocycles. The molecule has 0 unspecified atom stereocenters. The van der Waals surface area contributed by atoms with Crippen molar-refractivity contribution in [1.29, 1.82) is 0 Å². The Hall–Kier alpha value is -2.87. The fraction of sp³-hybridized carbons (Fsp3) is 0.440. The summed E-state index contributed by atoms with van der Waals surface area (Å²) in [6.07, 6.45) is 3.11. The summed E-state index contributed by atoms with van der Waals surface area (Å²) in [5.41, 5.74) is 3.25. The summed E-state index contributed by atoms with van der Waals surface area (Å²) in [6, 6.07) is 5.60. The predicted octanol–water partition coefficient (Wildman–Crippen LogP) is 5.03.